The van der Waals surface area contributed by atoms with Gasteiger partial charge >= 0.3 is 5.97 Å². The molecule has 3 rings (SSSR count). The maximum Gasteiger partial charge on any atom is 0.303 e. The number of unbranched alkanes of at least 4 members (excludes halogenated alkanes) is 5. The van der Waals surface area contributed by atoms with E-state index in [-0.39, 0.29) is 6.42 Å². The zero-order chi connectivity index (χ0) is 22.6. The first-order chi connectivity index (χ1) is 15.7. The molecule has 0 aliphatic carbocycles. The van der Waals surface area contributed by atoms with Crippen molar-refractivity contribution >= 4 is 5.97 Å². The van der Waals surface area contributed by atoms with Crippen LogP contribution < -0.4 is 0 Å². The van der Waals surface area contributed by atoms with E-state index in [4.69, 9.17) is 5.11 Å². The highest BCUT2D eigenvalue weighted by Crippen LogP contribution is 2.24. The molecule has 1 aromatic heterocycles. The van der Waals surface area contributed by atoms with Gasteiger partial charge in [0, 0.05) is 24.4 Å². The van der Waals surface area contributed by atoms with E-state index < -0.39 is 5.97 Å². The average molecular weight is 431 g/mol. The van der Waals surface area contributed by atoms with E-state index >= 15 is 0 Å². The summed E-state index contributed by atoms with van der Waals surface area (Å²) < 4.78 is 0. The molecule has 4 heteroatoms. The maximum atomic E-state index is 10.6. The zero-order valence-corrected chi connectivity index (χ0v) is 19.1. The molecule has 4 nitrogen and oxygen atoms in total. The third-order valence-corrected chi connectivity index (χ3v) is 5.81. The molecule has 0 bridgehead atoms. The Morgan fingerprint density at radius 2 is 1.22 bits per heavy atom. The number of carboxylic acid groups (broad SMARTS) is 1. The molecule has 0 saturated heterocycles. The summed E-state index contributed by atoms with van der Waals surface area (Å²) in [5.41, 5.74) is 5.69. The van der Waals surface area contributed by atoms with Crippen molar-refractivity contribution in [2.24, 2.45) is 0 Å². The van der Waals surface area contributed by atoms with E-state index in [1.807, 2.05) is 12.4 Å². The molecule has 0 aliphatic rings. The molecule has 0 saturated carbocycles. The second-order valence-electron chi connectivity index (χ2n) is 8.45. The van der Waals surface area contributed by atoms with Crippen LogP contribution in [0.3, 0.4) is 0 Å². The van der Waals surface area contributed by atoms with E-state index in [2.05, 4.69) is 65.4 Å². The quantitative estimate of drug-likeness (QED) is 0.293. The van der Waals surface area contributed by atoms with Gasteiger partial charge in [-0.2, -0.15) is 0 Å². The maximum absolute atomic E-state index is 10.6. The highest BCUT2D eigenvalue weighted by Gasteiger charge is 2.05. The van der Waals surface area contributed by atoms with Crippen LogP contribution in [-0.4, -0.2) is 21.0 Å². The summed E-state index contributed by atoms with van der Waals surface area (Å²) in [4.78, 5) is 19.8. The highest BCUT2D eigenvalue weighted by atomic mass is 16.4. The Kier molecular flexibility index (Phi) is 9.42. The molecule has 0 aliphatic heterocycles. The predicted molar refractivity (Wildman–Crippen MR) is 131 cm³/mol. The van der Waals surface area contributed by atoms with Crippen molar-refractivity contribution in [3.05, 3.63) is 72.1 Å². The third kappa shape index (κ3) is 7.60. The van der Waals surface area contributed by atoms with Crippen LogP contribution >= 0.6 is 0 Å². The highest BCUT2D eigenvalue weighted by molar-refractivity contribution is 5.68. The summed E-state index contributed by atoms with van der Waals surface area (Å²) in [7, 11) is 0. The van der Waals surface area contributed by atoms with Gasteiger partial charge in [0.05, 0.1) is 0 Å². The lowest BCUT2D eigenvalue weighted by molar-refractivity contribution is -0.137. The molecule has 0 atom stereocenters. The molecule has 32 heavy (non-hydrogen) atoms. The van der Waals surface area contributed by atoms with Crippen molar-refractivity contribution < 1.29 is 9.90 Å². The van der Waals surface area contributed by atoms with Crippen molar-refractivity contribution in [1.82, 2.24) is 9.97 Å². The van der Waals surface area contributed by atoms with Gasteiger partial charge in [0.25, 0.3) is 0 Å². The lowest BCUT2D eigenvalue weighted by atomic mass is 10.0. The topological polar surface area (TPSA) is 63.1 Å². The van der Waals surface area contributed by atoms with Crippen molar-refractivity contribution in [3.8, 4) is 22.5 Å². The second kappa shape index (κ2) is 12.7. The lowest BCUT2D eigenvalue weighted by Crippen LogP contribution is -1.95. The molecule has 1 heterocycles. The number of hydrogen-bond acceptors (Lipinski definition) is 3. The van der Waals surface area contributed by atoms with Crippen molar-refractivity contribution in [2.75, 3.05) is 0 Å². The number of aromatic nitrogens is 2. The van der Waals surface area contributed by atoms with Crippen LogP contribution in [0.2, 0.25) is 0 Å². The second-order valence-corrected chi connectivity index (χ2v) is 8.45. The van der Waals surface area contributed by atoms with Gasteiger partial charge in [0.2, 0.25) is 0 Å². The third-order valence-electron chi connectivity index (χ3n) is 5.81. The smallest absolute Gasteiger partial charge is 0.303 e. The molecule has 0 unspecified atom stereocenters. The Morgan fingerprint density at radius 1 is 0.688 bits per heavy atom. The zero-order valence-electron chi connectivity index (χ0n) is 19.1. The fourth-order valence-electron chi connectivity index (χ4n) is 3.86. The number of aliphatic carboxylic acids is 1. The molecule has 0 spiro atoms. The van der Waals surface area contributed by atoms with Gasteiger partial charge in [-0.15, -0.1) is 0 Å². The Balaban J connectivity index is 1.52. The van der Waals surface area contributed by atoms with Gasteiger partial charge in [-0.05, 0) is 47.9 Å². The summed E-state index contributed by atoms with van der Waals surface area (Å²) in [5, 5.41) is 8.76. The number of hydrogen-bond donors (Lipinski definition) is 1. The first kappa shape index (κ1) is 23.6. The van der Waals surface area contributed by atoms with Crippen LogP contribution in [0.5, 0.6) is 0 Å². The first-order valence-electron chi connectivity index (χ1n) is 11.9. The fourth-order valence-corrected chi connectivity index (χ4v) is 3.86. The van der Waals surface area contributed by atoms with Crippen LogP contribution in [0, 0.1) is 0 Å². The Bertz CT molecular complexity index is 948. The summed E-state index contributed by atoms with van der Waals surface area (Å²) in [5.74, 6) is 0.0233. The molecule has 0 fully saturated rings. The van der Waals surface area contributed by atoms with Crippen molar-refractivity contribution in [2.45, 2.75) is 71.1 Å². The minimum atomic E-state index is -0.738. The Morgan fingerprint density at radius 3 is 1.84 bits per heavy atom. The number of rotatable bonds is 13. The first-order valence-corrected chi connectivity index (χ1v) is 11.9. The number of carbonyl (C=O) groups is 1. The van der Waals surface area contributed by atoms with Gasteiger partial charge in [-0.1, -0.05) is 87.6 Å². The molecule has 0 amide bonds. The van der Waals surface area contributed by atoms with Crippen LogP contribution in [0.25, 0.3) is 22.5 Å². The van der Waals surface area contributed by atoms with Gasteiger partial charge in [0.1, 0.15) is 0 Å². The van der Waals surface area contributed by atoms with E-state index in [0.29, 0.717) is 6.42 Å². The van der Waals surface area contributed by atoms with E-state index in [1.54, 1.807) is 0 Å². The molecule has 3 aromatic rings. The van der Waals surface area contributed by atoms with Gasteiger partial charge < -0.3 is 5.11 Å². The predicted octanol–water partition coefficient (Wildman–Crippen LogP) is 7.12. The monoisotopic (exact) mass is 430 g/mol. The van der Waals surface area contributed by atoms with Gasteiger partial charge in [-0.25, -0.2) is 9.97 Å². The minimum Gasteiger partial charge on any atom is -0.481 e. The lowest BCUT2D eigenvalue weighted by Gasteiger charge is -2.07. The van der Waals surface area contributed by atoms with Crippen LogP contribution in [0.15, 0.2) is 60.9 Å². The van der Waals surface area contributed by atoms with Crippen molar-refractivity contribution in [1.29, 1.82) is 0 Å². The Labute approximate surface area is 191 Å². The van der Waals surface area contributed by atoms with E-state index in [1.165, 1.54) is 49.7 Å². The van der Waals surface area contributed by atoms with Crippen LogP contribution in [0.4, 0.5) is 0 Å². The van der Waals surface area contributed by atoms with E-state index in [0.717, 1.165) is 35.4 Å². The van der Waals surface area contributed by atoms with Crippen LogP contribution in [0.1, 0.15) is 69.4 Å². The molecule has 2 aromatic carbocycles. The van der Waals surface area contributed by atoms with Crippen LogP contribution in [-0.2, 0) is 17.6 Å². The Hall–Kier alpha value is -3.01. The number of benzene rings is 2. The molecule has 168 valence electrons. The standard InChI is InChI=1S/C28H34N2O2/c1-2-3-4-5-6-7-9-23-20-29-28(30-21-23)26-18-16-25(17-19-26)24-14-12-22(13-15-24)10-8-11-27(31)32/h12-21H,2-11H2,1H3,(H,31,32). The summed E-state index contributed by atoms with van der Waals surface area (Å²) >= 11 is 0. The number of nitrogens with zero attached hydrogens (tertiary/aromatic N) is 2. The molecular weight excluding hydrogens is 396 g/mol. The normalized spacial score (nSPS) is 10.9. The van der Waals surface area contributed by atoms with E-state index in [9.17, 15) is 4.79 Å². The molecular formula is C28H34N2O2. The fraction of sp³-hybridized carbons (Fsp3) is 0.393. The van der Waals surface area contributed by atoms with Gasteiger partial charge in [0.15, 0.2) is 5.82 Å². The molecule has 1 N–H and O–H groups in total. The number of carboxylic acids is 1. The largest absolute Gasteiger partial charge is 0.481 e. The summed E-state index contributed by atoms with van der Waals surface area (Å²) in [6.07, 6.45) is 14.4. The summed E-state index contributed by atoms with van der Waals surface area (Å²) in [6.45, 7) is 2.25. The number of aryl methyl sites for hydroxylation is 2. The minimum absolute atomic E-state index is 0.214. The molecule has 0 radical (unpaired) electrons. The summed E-state index contributed by atoms with van der Waals surface area (Å²) in [6, 6.07) is 16.7. The van der Waals surface area contributed by atoms with Gasteiger partial charge in [-0.3, -0.25) is 4.79 Å². The SMILES string of the molecule is CCCCCCCCc1cnc(-c2ccc(-c3ccc(CCCC(=O)O)cc3)cc2)nc1. The average Bonchev–Trinajstić information content (AvgIpc) is 2.82. The van der Waals surface area contributed by atoms with Crippen molar-refractivity contribution in [3.63, 3.8) is 0 Å².